The molecule has 0 bridgehead atoms. The van der Waals surface area contributed by atoms with Gasteiger partial charge in [-0.05, 0) is 12.1 Å². The largest absolute Gasteiger partial charge is 0.478 e. The Hall–Kier alpha value is -4.14. The number of carboxylic acids is 2. The van der Waals surface area contributed by atoms with Gasteiger partial charge in [0.25, 0.3) is 0 Å². The highest BCUT2D eigenvalue weighted by atomic mass is 16.4. The Labute approximate surface area is 170 Å². The fourth-order valence-corrected chi connectivity index (χ4v) is 2.82. The second-order valence-corrected chi connectivity index (χ2v) is 5.94. The van der Waals surface area contributed by atoms with Crippen LogP contribution in [0.15, 0.2) is 72.8 Å². The van der Waals surface area contributed by atoms with Gasteiger partial charge in [0.15, 0.2) is 11.6 Å². The van der Waals surface area contributed by atoms with E-state index in [1.807, 2.05) is 0 Å². The number of hydrogen-bond acceptors (Lipinski definition) is 4. The van der Waals surface area contributed by atoms with E-state index >= 15 is 0 Å². The molecule has 0 aromatic heterocycles. The molecule has 0 heterocycles. The van der Waals surface area contributed by atoms with Gasteiger partial charge in [-0.25, -0.2) is 9.59 Å². The number of carbonyl (C=O) groups is 4. The summed E-state index contributed by atoms with van der Waals surface area (Å²) in [7, 11) is 0. The molecule has 8 nitrogen and oxygen atoms in total. The zero-order chi connectivity index (χ0) is 20.3. The summed E-state index contributed by atoms with van der Waals surface area (Å²) in [6, 6.07) is 17.7. The second-order valence-electron chi connectivity index (χ2n) is 5.94. The van der Waals surface area contributed by atoms with Crippen molar-refractivity contribution in [2.45, 2.75) is 0 Å². The Kier molecular flexibility index (Phi) is 7.87. The highest BCUT2D eigenvalue weighted by Crippen LogP contribution is 2.23. The second kappa shape index (κ2) is 9.87. The molecule has 3 rings (SSSR count). The minimum Gasteiger partial charge on any atom is -0.478 e. The molecule has 0 saturated carbocycles. The van der Waals surface area contributed by atoms with E-state index in [-0.39, 0.29) is 33.2 Å². The smallest absolute Gasteiger partial charge is 0.336 e. The fraction of sp³-hybridized carbons (Fsp3) is 0. The quantitative estimate of drug-likeness (QED) is 0.587. The molecule has 3 aromatic carbocycles. The third kappa shape index (κ3) is 4.64. The number of aromatic carboxylic acids is 2. The summed E-state index contributed by atoms with van der Waals surface area (Å²) in [5.74, 6) is -4.14. The van der Waals surface area contributed by atoms with Crippen molar-refractivity contribution >= 4 is 23.5 Å². The molecule has 30 heavy (non-hydrogen) atoms. The molecule has 0 unspecified atom stereocenters. The first-order valence-electron chi connectivity index (χ1n) is 8.24. The Bertz CT molecular complexity index is 1000. The molecule has 0 aliphatic rings. The van der Waals surface area contributed by atoms with E-state index in [1.165, 1.54) is 24.3 Å². The minimum atomic E-state index is -1.43. The summed E-state index contributed by atoms with van der Waals surface area (Å²) in [4.78, 5) is 49.0. The maximum absolute atomic E-state index is 12.8. The Balaban J connectivity index is 0.00000225. The van der Waals surface area contributed by atoms with Crippen LogP contribution in [-0.2, 0) is 0 Å². The van der Waals surface area contributed by atoms with Crippen LogP contribution in [0.5, 0.6) is 0 Å². The normalized spacial score (nSPS) is 9.60. The summed E-state index contributed by atoms with van der Waals surface area (Å²) in [6.07, 6.45) is 0. The van der Waals surface area contributed by atoms with E-state index in [0.717, 1.165) is 12.1 Å². The lowest BCUT2D eigenvalue weighted by molar-refractivity contribution is 0.0677. The number of ketones is 2. The molecule has 0 amide bonds. The van der Waals surface area contributed by atoms with Crippen molar-refractivity contribution < 1.29 is 40.3 Å². The van der Waals surface area contributed by atoms with Gasteiger partial charge < -0.3 is 21.2 Å². The molecule has 0 atom stereocenters. The first-order chi connectivity index (χ1) is 13.4. The first kappa shape index (κ1) is 23.9. The molecule has 0 aliphatic carbocycles. The van der Waals surface area contributed by atoms with Crippen LogP contribution in [0.25, 0.3) is 0 Å². The van der Waals surface area contributed by atoms with Gasteiger partial charge in [0.1, 0.15) is 0 Å². The zero-order valence-corrected chi connectivity index (χ0v) is 15.5. The molecular formula is C22H18O8. The number of hydrogen-bond donors (Lipinski definition) is 2. The topological polar surface area (TPSA) is 172 Å². The Morgan fingerprint density at radius 1 is 0.500 bits per heavy atom. The fourth-order valence-electron chi connectivity index (χ4n) is 2.82. The zero-order valence-electron chi connectivity index (χ0n) is 15.5. The first-order valence-corrected chi connectivity index (χ1v) is 8.24. The molecular weight excluding hydrogens is 392 g/mol. The SMILES string of the molecule is O.O.O=C(O)c1cc(C(=O)c2ccccc2)c(C(=O)O)cc1C(=O)c1ccccc1. The monoisotopic (exact) mass is 410 g/mol. The van der Waals surface area contributed by atoms with Gasteiger partial charge in [0.05, 0.1) is 11.1 Å². The van der Waals surface area contributed by atoms with Crippen LogP contribution in [0.1, 0.15) is 52.6 Å². The molecule has 6 N–H and O–H groups in total. The van der Waals surface area contributed by atoms with Crippen molar-refractivity contribution in [2.75, 3.05) is 0 Å². The molecule has 0 saturated heterocycles. The van der Waals surface area contributed by atoms with E-state index in [2.05, 4.69) is 0 Å². The summed E-state index contributed by atoms with van der Waals surface area (Å²) < 4.78 is 0. The number of carboxylic acid groups (broad SMARTS) is 2. The van der Waals surface area contributed by atoms with Crippen LogP contribution in [0.2, 0.25) is 0 Å². The van der Waals surface area contributed by atoms with Crippen LogP contribution in [-0.4, -0.2) is 44.7 Å². The molecule has 154 valence electrons. The van der Waals surface area contributed by atoms with Crippen molar-refractivity contribution in [1.29, 1.82) is 0 Å². The van der Waals surface area contributed by atoms with Crippen molar-refractivity contribution in [3.8, 4) is 0 Å². The van der Waals surface area contributed by atoms with Gasteiger partial charge in [0, 0.05) is 22.3 Å². The lowest BCUT2D eigenvalue weighted by atomic mass is 9.90. The van der Waals surface area contributed by atoms with Gasteiger partial charge in [0.2, 0.25) is 0 Å². The van der Waals surface area contributed by atoms with Crippen LogP contribution in [0.3, 0.4) is 0 Å². The predicted octanol–water partition coefficient (Wildman–Crippen LogP) is 1.90. The maximum Gasteiger partial charge on any atom is 0.336 e. The van der Waals surface area contributed by atoms with Crippen LogP contribution in [0.4, 0.5) is 0 Å². The van der Waals surface area contributed by atoms with Crippen molar-refractivity contribution in [3.05, 3.63) is 106 Å². The molecule has 0 aliphatic heterocycles. The van der Waals surface area contributed by atoms with Gasteiger partial charge in [-0.15, -0.1) is 0 Å². The number of carbonyl (C=O) groups excluding carboxylic acids is 2. The summed E-state index contributed by atoms with van der Waals surface area (Å²) in [5.41, 5.74) is -1.02. The van der Waals surface area contributed by atoms with Gasteiger partial charge >= 0.3 is 11.9 Å². The number of benzene rings is 3. The van der Waals surface area contributed by atoms with E-state index in [1.54, 1.807) is 36.4 Å². The predicted molar refractivity (Wildman–Crippen MR) is 107 cm³/mol. The van der Waals surface area contributed by atoms with Crippen LogP contribution >= 0.6 is 0 Å². The molecule has 0 spiro atoms. The van der Waals surface area contributed by atoms with E-state index in [9.17, 15) is 29.4 Å². The highest BCUT2D eigenvalue weighted by Gasteiger charge is 2.26. The van der Waals surface area contributed by atoms with Gasteiger partial charge in [-0.2, -0.15) is 0 Å². The van der Waals surface area contributed by atoms with Crippen molar-refractivity contribution in [3.63, 3.8) is 0 Å². The average Bonchev–Trinajstić information content (AvgIpc) is 2.72. The van der Waals surface area contributed by atoms with E-state index in [0.29, 0.717) is 0 Å². The van der Waals surface area contributed by atoms with Gasteiger partial charge in [-0.1, -0.05) is 60.7 Å². The minimum absolute atomic E-state index is 0. The Morgan fingerprint density at radius 2 is 0.800 bits per heavy atom. The van der Waals surface area contributed by atoms with Crippen molar-refractivity contribution in [2.24, 2.45) is 0 Å². The van der Waals surface area contributed by atoms with E-state index in [4.69, 9.17) is 0 Å². The third-order valence-electron chi connectivity index (χ3n) is 4.18. The van der Waals surface area contributed by atoms with Crippen LogP contribution in [0, 0.1) is 0 Å². The van der Waals surface area contributed by atoms with Crippen LogP contribution < -0.4 is 0 Å². The number of rotatable bonds is 6. The standard InChI is InChI=1S/C22H14O6.2H2O/c23-19(13-7-3-1-4-8-13)15-11-18(22(27)28)16(12-17(15)21(25)26)20(24)14-9-5-2-6-10-14;;/h1-12H,(H,25,26)(H,27,28);2*1H2. The lowest BCUT2D eigenvalue weighted by Crippen LogP contribution is -2.17. The summed E-state index contributed by atoms with van der Waals surface area (Å²) >= 11 is 0. The van der Waals surface area contributed by atoms with Gasteiger partial charge in [-0.3, -0.25) is 9.59 Å². The van der Waals surface area contributed by atoms with E-state index < -0.39 is 34.6 Å². The highest BCUT2D eigenvalue weighted by molar-refractivity contribution is 6.19. The third-order valence-corrected chi connectivity index (χ3v) is 4.18. The molecule has 8 heteroatoms. The summed E-state index contributed by atoms with van der Waals surface area (Å²) in [6.45, 7) is 0. The maximum atomic E-state index is 12.8. The molecule has 0 radical (unpaired) electrons. The lowest BCUT2D eigenvalue weighted by Gasteiger charge is -2.12. The average molecular weight is 410 g/mol. The molecule has 3 aromatic rings. The Morgan fingerprint density at radius 3 is 1.07 bits per heavy atom. The molecule has 0 fully saturated rings. The summed E-state index contributed by atoms with van der Waals surface area (Å²) in [5, 5.41) is 19.1. The van der Waals surface area contributed by atoms with Crippen molar-refractivity contribution in [1.82, 2.24) is 0 Å².